The van der Waals surface area contributed by atoms with Crippen LogP contribution in [0.2, 0.25) is 0 Å². The fourth-order valence-corrected chi connectivity index (χ4v) is 1.65. The van der Waals surface area contributed by atoms with Crippen molar-refractivity contribution in [2.45, 2.75) is 12.3 Å². The SMILES string of the molecule is O=C1CCN(c2ncc(CCl)cc2F)C(=O)N1. The number of aromatic nitrogens is 1. The molecule has 0 aliphatic carbocycles. The highest BCUT2D eigenvalue weighted by Gasteiger charge is 2.27. The third kappa shape index (κ3) is 2.36. The summed E-state index contributed by atoms with van der Waals surface area (Å²) in [5.41, 5.74) is 0.529. The zero-order valence-corrected chi connectivity index (χ0v) is 9.50. The second-order valence-corrected chi connectivity index (χ2v) is 3.80. The summed E-state index contributed by atoms with van der Waals surface area (Å²) in [6.07, 6.45) is 1.53. The molecule has 1 fully saturated rings. The quantitative estimate of drug-likeness (QED) is 0.815. The lowest BCUT2D eigenvalue weighted by molar-refractivity contribution is -0.120. The topological polar surface area (TPSA) is 62.3 Å². The van der Waals surface area contributed by atoms with Gasteiger partial charge in [0.1, 0.15) is 0 Å². The molecule has 1 saturated heterocycles. The number of anilines is 1. The van der Waals surface area contributed by atoms with E-state index >= 15 is 0 Å². The molecule has 1 N–H and O–H groups in total. The molecule has 1 aliphatic rings. The van der Waals surface area contributed by atoms with Gasteiger partial charge in [-0.25, -0.2) is 14.2 Å². The van der Waals surface area contributed by atoms with Gasteiger partial charge in [-0.05, 0) is 11.6 Å². The summed E-state index contributed by atoms with van der Waals surface area (Å²) in [7, 11) is 0. The number of nitrogens with zero attached hydrogens (tertiary/aromatic N) is 2. The van der Waals surface area contributed by atoms with Gasteiger partial charge in [0.25, 0.3) is 0 Å². The van der Waals surface area contributed by atoms with Crippen molar-refractivity contribution in [3.63, 3.8) is 0 Å². The fraction of sp³-hybridized carbons (Fsp3) is 0.300. The van der Waals surface area contributed by atoms with Crippen molar-refractivity contribution in [1.82, 2.24) is 10.3 Å². The number of amides is 3. The summed E-state index contributed by atoms with van der Waals surface area (Å²) < 4.78 is 13.7. The Labute approximate surface area is 102 Å². The number of nitrogens with one attached hydrogen (secondary N) is 1. The van der Waals surface area contributed by atoms with Gasteiger partial charge in [-0.15, -0.1) is 11.6 Å². The third-order valence-corrected chi connectivity index (χ3v) is 2.65. The molecule has 0 atom stereocenters. The monoisotopic (exact) mass is 257 g/mol. The molecule has 0 radical (unpaired) electrons. The molecule has 5 nitrogen and oxygen atoms in total. The number of rotatable bonds is 2. The number of carbonyl (C=O) groups excluding carboxylic acids is 2. The van der Waals surface area contributed by atoms with Crippen LogP contribution < -0.4 is 10.2 Å². The standard InChI is InChI=1S/C10H9ClFN3O2/c11-4-6-3-7(12)9(13-5-6)15-2-1-8(16)14-10(15)17/h3,5H,1-2,4H2,(H,14,16,17). The maximum absolute atomic E-state index is 13.7. The number of urea groups is 1. The number of hydrogen-bond donors (Lipinski definition) is 1. The van der Waals surface area contributed by atoms with Crippen LogP contribution in [0.25, 0.3) is 0 Å². The van der Waals surface area contributed by atoms with Crippen LogP contribution in [0.5, 0.6) is 0 Å². The van der Waals surface area contributed by atoms with Crippen molar-refractivity contribution in [3.8, 4) is 0 Å². The molecule has 7 heteroatoms. The van der Waals surface area contributed by atoms with Crippen LogP contribution in [0, 0.1) is 5.82 Å². The Bertz CT molecular complexity index is 481. The summed E-state index contributed by atoms with van der Waals surface area (Å²) in [6, 6.07) is 0.560. The van der Waals surface area contributed by atoms with E-state index < -0.39 is 11.8 Å². The van der Waals surface area contributed by atoms with Crippen LogP contribution in [0.15, 0.2) is 12.3 Å². The molecule has 0 spiro atoms. The summed E-state index contributed by atoms with van der Waals surface area (Å²) in [5, 5.41) is 2.10. The Hall–Kier alpha value is -1.69. The lowest BCUT2D eigenvalue weighted by atomic mass is 10.2. The first-order valence-corrected chi connectivity index (χ1v) is 5.47. The van der Waals surface area contributed by atoms with Crippen LogP contribution >= 0.6 is 11.6 Å². The highest BCUT2D eigenvalue weighted by atomic mass is 35.5. The van der Waals surface area contributed by atoms with E-state index in [0.717, 1.165) is 4.90 Å². The molecule has 0 saturated carbocycles. The lowest BCUT2D eigenvalue weighted by Gasteiger charge is -2.25. The fourth-order valence-electron chi connectivity index (χ4n) is 1.51. The Kier molecular flexibility index (Phi) is 3.23. The first kappa shape index (κ1) is 11.8. The number of halogens is 2. The van der Waals surface area contributed by atoms with Gasteiger partial charge in [0.2, 0.25) is 5.91 Å². The third-order valence-electron chi connectivity index (χ3n) is 2.34. The van der Waals surface area contributed by atoms with E-state index in [4.69, 9.17) is 11.6 Å². The van der Waals surface area contributed by atoms with Gasteiger partial charge in [0.15, 0.2) is 11.6 Å². The van der Waals surface area contributed by atoms with Gasteiger partial charge < -0.3 is 0 Å². The van der Waals surface area contributed by atoms with E-state index in [1.807, 2.05) is 0 Å². The minimum Gasteiger partial charge on any atom is -0.278 e. The molecule has 1 aromatic rings. The van der Waals surface area contributed by atoms with Crippen LogP contribution in [0.4, 0.5) is 15.0 Å². The molecular weight excluding hydrogens is 249 g/mol. The molecule has 3 amide bonds. The second-order valence-electron chi connectivity index (χ2n) is 3.54. The highest BCUT2D eigenvalue weighted by molar-refractivity contribution is 6.17. The average molecular weight is 258 g/mol. The van der Waals surface area contributed by atoms with Gasteiger partial charge in [0, 0.05) is 25.0 Å². The molecule has 17 heavy (non-hydrogen) atoms. The molecule has 1 aromatic heterocycles. The van der Waals surface area contributed by atoms with Gasteiger partial charge in [0.05, 0.1) is 0 Å². The zero-order valence-electron chi connectivity index (χ0n) is 8.74. The van der Waals surface area contributed by atoms with Crippen molar-refractivity contribution < 1.29 is 14.0 Å². The summed E-state index contributed by atoms with van der Waals surface area (Å²) in [4.78, 5) is 27.4. The lowest BCUT2D eigenvalue weighted by Crippen LogP contribution is -2.50. The highest BCUT2D eigenvalue weighted by Crippen LogP contribution is 2.19. The Morgan fingerprint density at radius 1 is 1.53 bits per heavy atom. The zero-order chi connectivity index (χ0) is 12.4. The van der Waals surface area contributed by atoms with E-state index in [9.17, 15) is 14.0 Å². The number of imide groups is 1. The smallest absolute Gasteiger partial charge is 0.278 e. The Morgan fingerprint density at radius 2 is 2.29 bits per heavy atom. The van der Waals surface area contributed by atoms with E-state index in [1.165, 1.54) is 12.3 Å². The predicted octanol–water partition coefficient (Wildman–Crippen LogP) is 1.41. The summed E-state index contributed by atoms with van der Waals surface area (Å²) in [5.74, 6) is -0.949. The maximum Gasteiger partial charge on any atom is 0.329 e. The minimum atomic E-state index is -0.661. The Balaban J connectivity index is 2.28. The van der Waals surface area contributed by atoms with Crippen molar-refractivity contribution in [3.05, 3.63) is 23.6 Å². The van der Waals surface area contributed by atoms with E-state index in [-0.39, 0.29) is 30.6 Å². The van der Waals surface area contributed by atoms with E-state index in [2.05, 4.69) is 10.3 Å². The van der Waals surface area contributed by atoms with Gasteiger partial charge in [-0.3, -0.25) is 15.0 Å². The van der Waals surface area contributed by atoms with Gasteiger partial charge >= 0.3 is 6.03 Å². The molecule has 0 aromatic carbocycles. The molecule has 1 aliphatic heterocycles. The largest absolute Gasteiger partial charge is 0.329 e. The number of pyridine rings is 1. The van der Waals surface area contributed by atoms with Crippen molar-refractivity contribution in [2.24, 2.45) is 0 Å². The average Bonchev–Trinajstić information content (AvgIpc) is 2.30. The maximum atomic E-state index is 13.7. The first-order chi connectivity index (χ1) is 8.11. The molecule has 90 valence electrons. The molecule has 2 rings (SSSR count). The summed E-state index contributed by atoms with van der Waals surface area (Å²) in [6.45, 7) is 0.120. The van der Waals surface area contributed by atoms with Crippen LogP contribution in [-0.4, -0.2) is 23.5 Å². The van der Waals surface area contributed by atoms with Crippen LogP contribution in [0.1, 0.15) is 12.0 Å². The summed E-state index contributed by atoms with van der Waals surface area (Å²) >= 11 is 5.54. The van der Waals surface area contributed by atoms with Crippen LogP contribution in [0.3, 0.4) is 0 Å². The number of hydrogen-bond acceptors (Lipinski definition) is 3. The molecule has 0 unspecified atom stereocenters. The number of carbonyl (C=O) groups is 2. The minimum absolute atomic E-state index is 0.0936. The molecule has 0 bridgehead atoms. The van der Waals surface area contributed by atoms with E-state index in [1.54, 1.807) is 0 Å². The van der Waals surface area contributed by atoms with Gasteiger partial charge in [-0.2, -0.15) is 0 Å². The molecular formula is C10H9ClFN3O2. The van der Waals surface area contributed by atoms with Crippen molar-refractivity contribution in [2.75, 3.05) is 11.4 Å². The normalized spacial score (nSPS) is 16.0. The first-order valence-electron chi connectivity index (χ1n) is 4.93. The molecule has 2 heterocycles. The van der Waals surface area contributed by atoms with Crippen LogP contribution in [-0.2, 0) is 10.7 Å². The Morgan fingerprint density at radius 3 is 2.88 bits per heavy atom. The van der Waals surface area contributed by atoms with E-state index in [0.29, 0.717) is 5.56 Å². The van der Waals surface area contributed by atoms with Crippen molar-refractivity contribution in [1.29, 1.82) is 0 Å². The van der Waals surface area contributed by atoms with Gasteiger partial charge in [-0.1, -0.05) is 0 Å². The number of alkyl halides is 1. The second kappa shape index (κ2) is 4.67. The predicted molar refractivity (Wildman–Crippen MR) is 59.3 cm³/mol. The van der Waals surface area contributed by atoms with Crippen molar-refractivity contribution >= 4 is 29.4 Å².